The van der Waals surface area contributed by atoms with Crippen LogP contribution in [0.5, 0.6) is 5.75 Å². The Balaban J connectivity index is 1.75. The maximum atomic E-state index is 11.3. The smallest absolute Gasteiger partial charge is 0.271 e. The molecule has 1 aromatic heterocycles. The van der Waals surface area contributed by atoms with E-state index in [9.17, 15) is 4.79 Å². The maximum Gasteiger partial charge on any atom is 0.271 e. The minimum absolute atomic E-state index is 0.257. The molecule has 2 aromatic rings. The van der Waals surface area contributed by atoms with Gasteiger partial charge in [-0.3, -0.25) is 4.79 Å². The molecular formula is C14H15BrN4O2. The number of carbonyl (C=O) groups is 1. The average Bonchev–Trinajstić information content (AvgIpc) is 2.53. The molecule has 1 amide bonds. The van der Waals surface area contributed by atoms with Crippen molar-refractivity contribution in [2.45, 2.75) is 0 Å². The number of hydrogen-bond donors (Lipinski definition) is 2. The first-order chi connectivity index (χ1) is 10.2. The third-order valence-electron chi connectivity index (χ3n) is 2.61. The number of carbonyl (C=O) groups excluding carboxylic acids is 1. The molecule has 0 aliphatic rings. The van der Waals surface area contributed by atoms with Gasteiger partial charge in [-0.1, -0.05) is 15.9 Å². The zero-order chi connectivity index (χ0) is 15.1. The van der Waals surface area contributed by atoms with Crippen LogP contribution in [0.1, 0.15) is 10.5 Å². The largest absolute Gasteiger partial charge is 0.492 e. The number of amides is 1. The monoisotopic (exact) mass is 350 g/mol. The number of hydrogen-bond acceptors (Lipinski definition) is 5. The van der Waals surface area contributed by atoms with Gasteiger partial charge in [-0.25, -0.2) is 0 Å². The number of halogens is 1. The van der Waals surface area contributed by atoms with Gasteiger partial charge in [0.25, 0.3) is 5.91 Å². The highest BCUT2D eigenvalue weighted by atomic mass is 79.9. The lowest BCUT2D eigenvalue weighted by atomic mass is 10.3. The van der Waals surface area contributed by atoms with Crippen molar-refractivity contribution in [1.29, 1.82) is 0 Å². The van der Waals surface area contributed by atoms with Crippen LogP contribution in [-0.2, 0) is 0 Å². The highest BCUT2D eigenvalue weighted by molar-refractivity contribution is 9.10. The van der Waals surface area contributed by atoms with E-state index in [0.717, 1.165) is 10.2 Å². The maximum absolute atomic E-state index is 11.3. The Hall–Kier alpha value is -2.15. The second-order valence-corrected chi connectivity index (χ2v) is 5.03. The van der Waals surface area contributed by atoms with Crippen molar-refractivity contribution in [1.82, 2.24) is 15.5 Å². The Morgan fingerprint density at radius 3 is 2.57 bits per heavy atom. The zero-order valence-corrected chi connectivity index (χ0v) is 13.1. The molecule has 0 atom stereocenters. The van der Waals surface area contributed by atoms with Gasteiger partial charge in [0.15, 0.2) is 5.69 Å². The quantitative estimate of drug-likeness (QED) is 0.780. The summed E-state index contributed by atoms with van der Waals surface area (Å²) in [7, 11) is 1.55. The SMILES string of the molecule is CNC(=O)c1ccc(NCCOc2ccc(Br)cc2)nn1. The van der Waals surface area contributed by atoms with Crippen molar-refractivity contribution in [3.63, 3.8) is 0 Å². The standard InChI is InChI=1S/C14H15BrN4O2/c1-16-14(20)12-6-7-13(19-18-12)17-8-9-21-11-4-2-10(15)3-5-11/h2-7H,8-9H2,1H3,(H,16,20)(H,17,19). The summed E-state index contributed by atoms with van der Waals surface area (Å²) in [4.78, 5) is 11.3. The summed E-state index contributed by atoms with van der Waals surface area (Å²) in [5, 5.41) is 13.3. The molecule has 0 aliphatic heterocycles. The van der Waals surface area contributed by atoms with Crippen LogP contribution in [0, 0.1) is 0 Å². The fourth-order valence-corrected chi connectivity index (χ4v) is 1.82. The second kappa shape index (κ2) is 7.58. The van der Waals surface area contributed by atoms with Gasteiger partial charge in [0.05, 0.1) is 6.54 Å². The molecule has 1 aromatic carbocycles. The zero-order valence-electron chi connectivity index (χ0n) is 11.5. The van der Waals surface area contributed by atoms with E-state index in [1.807, 2.05) is 24.3 Å². The Kier molecular flexibility index (Phi) is 5.51. The van der Waals surface area contributed by atoms with E-state index in [2.05, 4.69) is 36.8 Å². The fourth-order valence-electron chi connectivity index (χ4n) is 1.55. The number of anilines is 1. The number of benzene rings is 1. The van der Waals surface area contributed by atoms with E-state index < -0.39 is 0 Å². The normalized spacial score (nSPS) is 10.0. The third-order valence-corrected chi connectivity index (χ3v) is 3.14. The van der Waals surface area contributed by atoms with E-state index in [-0.39, 0.29) is 11.6 Å². The second-order valence-electron chi connectivity index (χ2n) is 4.11. The van der Waals surface area contributed by atoms with Crippen LogP contribution in [-0.4, -0.2) is 36.3 Å². The lowest BCUT2D eigenvalue weighted by Gasteiger charge is -2.08. The summed E-state index contributed by atoms with van der Waals surface area (Å²) in [6, 6.07) is 10.9. The molecule has 110 valence electrons. The highest BCUT2D eigenvalue weighted by Crippen LogP contribution is 2.15. The Morgan fingerprint density at radius 1 is 1.19 bits per heavy atom. The molecular weight excluding hydrogens is 336 g/mol. The van der Waals surface area contributed by atoms with Gasteiger partial charge >= 0.3 is 0 Å². The van der Waals surface area contributed by atoms with E-state index >= 15 is 0 Å². The number of aromatic nitrogens is 2. The van der Waals surface area contributed by atoms with Crippen LogP contribution >= 0.6 is 15.9 Å². The number of nitrogens with zero attached hydrogens (tertiary/aromatic N) is 2. The van der Waals surface area contributed by atoms with Crippen LogP contribution in [0.15, 0.2) is 40.9 Å². The molecule has 7 heteroatoms. The van der Waals surface area contributed by atoms with Crippen molar-refractivity contribution >= 4 is 27.7 Å². The van der Waals surface area contributed by atoms with Crippen LogP contribution in [0.25, 0.3) is 0 Å². The molecule has 21 heavy (non-hydrogen) atoms. The summed E-state index contributed by atoms with van der Waals surface area (Å²) in [5.74, 6) is 1.15. The molecule has 0 bridgehead atoms. The molecule has 0 aliphatic carbocycles. The van der Waals surface area contributed by atoms with Crippen molar-refractivity contribution in [3.05, 3.63) is 46.6 Å². The average molecular weight is 351 g/mol. The number of rotatable bonds is 6. The van der Waals surface area contributed by atoms with Crippen LogP contribution in [0.3, 0.4) is 0 Å². The molecule has 0 spiro atoms. The molecule has 0 fully saturated rings. The van der Waals surface area contributed by atoms with Crippen molar-refractivity contribution in [3.8, 4) is 5.75 Å². The topological polar surface area (TPSA) is 76.1 Å². The van der Waals surface area contributed by atoms with E-state index in [1.54, 1.807) is 19.2 Å². The van der Waals surface area contributed by atoms with Crippen molar-refractivity contribution in [2.75, 3.05) is 25.5 Å². The molecule has 0 saturated heterocycles. The third kappa shape index (κ3) is 4.71. The summed E-state index contributed by atoms with van der Waals surface area (Å²) < 4.78 is 6.58. The number of ether oxygens (including phenoxy) is 1. The molecule has 2 N–H and O–H groups in total. The molecule has 0 unspecified atom stereocenters. The van der Waals surface area contributed by atoms with Crippen LogP contribution < -0.4 is 15.4 Å². The first kappa shape index (κ1) is 15.2. The highest BCUT2D eigenvalue weighted by Gasteiger charge is 2.05. The van der Waals surface area contributed by atoms with Gasteiger partial charge in [-0.2, -0.15) is 0 Å². The predicted molar refractivity (Wildman–Crippen MR) is 83.5 cm³/mol. The van der Waals surface area contributed by atoms with Crippen LogP contribution in [0.2, 0.25) is 0 Å². The van der Waals surface area contributed by atoms with Gasteiger partial charge in [0, 0.05) is 11.5 Å². The number of nitrogens with one attached hydrogen (secondary N) is 2. The van der Waals surface area contributed by atoms with Crippen molar-refractivity contribution < 1.29 is 9.53 Å². The first-order valence-corrected chi connectivity index (χ1v) is 7.16. The van der Waals surface area contributed by atoms with Crippen molar-refractivity contribution in [2.24, 2.45) is 0 Å². The van der Waals surface area contributed by atoms with E-state index in [1.165, 1.54) is 0 Å². The van der Waals surface area contributed by atoms with Gasteiger partial charge in [-0.15, -0.1) is 10.2 Å². The Morgan fingerprint density at radius 2 is 1.95 bits per heavy atom. The van der Waals surface area contributed by atoms with Gasteiger partial charge < -0.3 is 15.4 Å². The molecule has 0 radical (unpaired) electrons. The van der Waals surface area contributed by atoms with Gasteiger partial charge in [0.1, 0.15) is 18.2 Å². The Labute approximate surface area is 131 Å². The first-order valence-electron chi connectivity index (χ1n) is 6.37. The Bertz CT molecular complexity index is 587. The summed E-state index contributed by atoms with van der Waals surface area (Å²) in [6.07, 6.45) is 0. The van der Waals surface area contributed by atoms with Crippen LogP contribution in [0.4, 0.5) is 5.82 Å². The molecule has 6 nitrogen and oxygen atoms in total. The minimum atomic E-state index is -0.257. The lowest BCUT2D eigenvalue weighted by Crippen LogP contribution is -2.20. The van der Waals surface area contributed by atoms with Gasteiger partial charge in [0.2, 0.25) is 0 Å². The van der Waals surface area contributed by atoms with E-state index in [4.69, 9.17) is 4.74 Å². The molecule has 0 saturated carbocycles. The molecule has 1 heterocycles. The van der Waals surface area contributed by atoms with E-state index in [0.29, 0.717) is 19.0 Å². The minimum Gasteiger partial charge on any atom is -0.492 e. The summed E-state index contributed by atoms with van der Waals surface area (Å²) >= 11 is 3.37. The molecule has 2 rings (SSSR count). The predicted octanol–water partition coefficient (Wildman–Crippen LogP) is 2.09. The fraction of sp³-hybridized carbons (Fsp3) is 0.214. The van der Waals surface area contributed by atoms with Gasteiger partial charge in [-0.05, 0) is 36.4 Å². The summed E-state index contributed by atoms with van der Waals surface area (Å²) in [6.45, 7) is 1.09. The summed E-state index contributed by atoms with van der Waals surface area (Å²) in [5.41, 5.74) is 0.286. The lowest BCUT2D eigenvalue weighted by molar-refractivity contribution is 0.0957.